The molecule has 1 aliphatic heterocycles. The molecule has 4 rings (SSSR count). The number of aromatic nitrogens is 2. The molecule has 1 amide bonds. The largest absolute Gasteiger partial charge is 0.476 e. The zero-order chi connectivity index (χ0) is 26.3. The first-order chi connectivity index (χ1) is 16.8. The summed E-state index contributed by atoms with van der Waals surface area (Å²) in [6, 6.07) is 11.6. The van der Waals surface area contributed by atoms with Crippen molar-refractivity contribution in [2.75, 3.05) is 27.1 Å². The van der Waals surface area contributed by atoms with Crippen LogP contribution in [0.2, 0.25) is 5.02 Å². The van der Waals surface area contributed by atoms with E-state index < -0.39 is 32.1 Å². The van der Waals surface area contributed by atoms with Crippen molar-refractivity contribution < 1.29 is 26.4 Å². The molecule has 0 aliphatic carbocycles. The highest BCUT2D eigenvalue weighted by atomic mass is 35.5. The highest BCUT2D eigenvalue weighted by Gasteiger charge is 2.35. The van der Waals surface area contributed by atoms with E-state index in [1.807, 2.05) is 0 Å². The van der Waals surface area contributed by atoms with Crippen LogP contribution in [0, 0.1) is 13.8 Å². The van der Waals surface area contributed by atoms with Crippen LogP contribution in [0.4, 0.5) is 17.3 Å². The summed E-state index contributed by atoms with van der Waals surface area (Å²) < 4.78 is 59.1. The second kappa shape index (κ2) is 9.56. The number of halogens is 1. The molecule has 0 unspecified atom stereocenters. The van der Waals surface area contributed by atoms with Gasteiger partial charge >= 0.3 is 0 Å². The number of rotatable bonds is 6. The number of hydrogen-bond donors (Lipinski definition) is 2. The molecule has 2 heterocycles. The number of hydrogen-bond acceptors (Lipinski definition) is 8. The third-order valence-corrected chi connectivity index (χ3v) is 7.85. The number of nitrogens with zero attached hydrogens (tertiary/aromatic N) is 3. The molecule has 0 saturated carbocycles. The van der Waals surface area contributed by atoms with Crippen LogP contribution < -0.4 is 19.1 Å². The molecule has 3 aromatic rings. The first kappa shape index (κ1) is 25.7. The van der Waals surface area contributed by atoms with Crippen molar-refractivity contribution in [3.8, 4) is 5.75 Å². The van der Waals surface area contributed by atoms with Gasteiger partial charge in [0.1, 0.15) is 5.75 Å². The molecular weight excluding hydrogens is 530 g/mol. The third-order valence-electron chi connectivity index (χ3n) is 5.12. The van der Waals surface area contributed by atoms with Crippen LogP contribution in [0.3, 0.4) is 0 Å². The van der Waals surface area contributed by atoms with Gasteiger partial charge in [0.2, 0.25) is 16.0 Å². The van der Waals surface area contributed by atoms with Crippen molar-refractivity contribution in [3.05, 3.63) is 64.9 Å². The van der Waals surface area contributed by atoms with Gasteiger partial charge in [-0.1, -0.05) is 11.6 Å². The highest BCUT2D eigenvalue weighted by Crippen LogP contribution is 2.37. The average molecular weight is 552 g/mol. The standard InChI is InChI=1S/C22H22ClN5O6S2/c1-13-10-14(2)25-22(24-13)27-36(32,33)17-7-5-16(6-8-17)26-21(29)20-12-28(35(3,30)31)18-11-15(23)4-9-19(18)34-20/h4-11,20H,12H2,1-3H3,(H,26,29)(H,24,25,27)/t20-/m1/s1. The SMILES string of the molecule is Cc1cc(C)nc(NS(=O)(=O)c2ccc(NC(=O)[C@H]3CN(S(C)(=O)=O)c4cc(Cl)ccc4O3)cc2)n1. The second-order valence-electron chi connectivity index (χ2n) is 8.11. The number of anilines is 3. The molecule has 2 aromatic carbocycles. The summed E-state index contributed by atoms with van der Waals surface area (Å²) in [5.74, 6) is -0.463. The lowest BCUT2D eigenvalue weighted by Crippen LogP contribution is -2.48. The van der Waals surface area contributed by atoms with Crippen LogP contribution in [0.1, 0.15) is 11.4 Å². The lowest BCUT2D eigenvalue weighted by atomic mass is 10.2. The Balaban J connectivity index is 1.49. The van der Waals surface area contributed by atoms with E-state index in [9.17, 15) is 21.6 Å². The zero-order valence-electron chi connectivity index (χ0n) is 19.4. The molecule has 0 saturated heterocycles. The number of carbonyl (C=O) groups excluding carboxylic acids is 1. The number of aryl methyl sites for hydroxylation is 2. The van der Waals surface area contributed by atoms with Gasteiger partial charge in [-0.15, -0.1) is 0 Å². The first-order valence-electron chi connectivity index (χ1n) is 10.5. The van der Waals surface area contributed by atoms with Crippen LogP contribution in [0.25, 0.3) is 0 Å². The smallest absolute Gasteiger partial charge is 0.267 e. The van der Waals surface area contributed by atoms with Gasteiger partial charge in [0.05, 0.1) is 23.4 Å². The summed E-state index contributed by atoms with van der Waals surface area (Å²) in [6.45, 7) is 3.19. The normalized spacial score (nSPS) is 15.6. The van der Waals surface area contributed by atoms with Gasteiger partial charge in [0.25, 0.3) is 15.9 Å². The summed E-state index contributed by atoms with van der Waals surface area (Å²) >= 11 is 5.99. The van der Waals surface area contributed by atoms with E-state index in [4.69, 9.17) is 16.3 Å². The van der Waals surface area contributed by atoms with Gasteiger partial charge in [-0.05, 0) is 62.4 Å². The van der Waals surface area contributed by atoms with Gasteiger partial charge in [-0.25, -0.2) is 31.5 Å². The maximum absolute atomic E-state index is 12.9. The lowest BCUT2D eigenvalue weighted by Gasteiger charge is -2.34. The summed E-state index contributed by atoms with van der Waals surface area (Å²) in [7, 11) is -7.69. The number of fused-ring (bicyclic) bond motifs is 1. The predicted octanol–water partition coefficient (Wildman–Crippen LogP) is 2.71. The topological polar surface area (TPSA) is 148 Å². The quantitative estimate of drug-likeness (QED) is 0.475. The fraction of sp³-hybridized carbons (Fsp3) is 0.227. The van der Waals surface area contributed by atoms with Gasteiger partial charge in [-0.2, -0.15) is 0 Å². The van der Waals surface area contributed by atoms with Crippen LogP contribution in [0.5, 0.6) is 5.75 Å². The van der Waals surface area contributed by atoms with Crippen molar-refractivity contribution in [3.63, 3.8) is 0 Å². The van der Waals surface area contributed by atoms with Gasteiger partial charge in [0.15, 0.2) is 6.10 Å². The van der Waals surface area contributed by atoms with Crippen LogP contribution in [-0.2, 0) is 24.8 Å². The molecule has 0 spiro atoms. The zero-order valence-corrected chi connectivity index (χ0v) is 21.8. The predicted molar refractivity (Wildman–Crippen MR) is 135 cm³/mol. The van der Waals surface area contributed by atoms with Crippen molar-refractivity contribution >= 4 is 54.9 Å². The Bertz CT molecular complexity index is 1530. The molecular formula is C22H22ClN5O6S2. The minimum atomic E-state index is -3.97. The average Bonchev–Trinajstić information content (AvgIpc) is 2.77. The van der Waals surface area contributed by atoms with E-state index in [0.717, 1.165) is 10.6 Å². The number of benzene rings is 2. The Kier molecular flexibility index (Phi) is 6.82. The Morgan fingerprint density at radius 1 is 1.03 bits per heavy atom. The molecule has 190 valence electrons. The van der Waals surface area contributed by atoms with E-state index in [2.05, 4.69) is 20.0 Å². The third kappa shape index (κ3) is 5.69. The molecule has 36 heavy (non-hydrogen) atoms. The van der Waals surface area contributed by atoms with Gasteiger partial charge in [0, 0.05) is 22.1 Å². The second-order valence-corrected chi connectivity index (χ2v) is 12.1. The summed E-state index contributed by atoms with van der Waals surface area (Å²) in [6.07, 6.45) is -0.131. The molecule has 2 N–H and O–H groups in total. The summed E-state index contributed by atoms with van der Waals surface area (Å²) in [4.78, 5) is 21.0. The summed E-state index contributed by atoms with van der Waals surface area (Å²) in [5, 5.41) is 2.94. The van der Waals surface area contributed by atoms with Crippen LogP contribution >= 0.6 is 11.6 Å². The Hall–Kier alpha value is -3.42. The maximum Gasteiger partial charge on any atom is 0.267 e. The fourth-order valence-electron chi connectivity index (χ4n) is 3.57. The number of nitrogens with one attached hydrogen (secondary N) is 2. The monoisotopic (exact) mass is 551 g/mol. The molecule has 14 heteroatoms. The Labute approximate surface area is 213 Å². The van der Waals surface area contributed by atoms with E-state index in [-0.39, 0.29) is 34.5 Å². The fourth-order valence-corrected chi connectivity index (χ4v) is 5.58. The van der Waals surface area contributed by atoms with E-state index in [0.29, 0.717) is 16.4 Å². The van der Waals surface area contributed by atoms with Crippen LogP contribution in [0.15, 0.2) is 53.4 Å². The number of ether oxygens (including phenoxy) is 1. The van der Waals surface area contributed by atoms with Crippen molar-refractivity contribution in [2.24, 2.45) is 0 Å². The van der Waals surface area contributed by atoms with Crippen molar-refractivity contribution in [1.29, 1.82) is 0 Å². The molecule has 0 radical (unpaired) electrons. The Morgan fingerprint density at radius 2 is 1.67 bits per heavy atom. The molecule has 0 fully saturated rings. The van der Waals surface area contributed by atoms with Gasteiger partial charge < -0.3 is 10.1 Å². The minimum Gasteiger partial charge on any atom is -0.476 e. The van der Waals surface area contributed by atoms with Crippen molar-refractivity contribution in [1.82, 2.24) is 9.97 Å². The molecule has 1 aliphatic rings. The van der Waals surface area contributed by atoms with Crippen LogP contribution in [-0.4, -0.2) is 51.6 Å². The molecule has 11 nitrogen and oxygen atoms in total. The number of carbonyl (C=O) groups is 1. The lowest BCUT2D eigenvalue weighted by molar-refractivity contribution is -0.122. The number of sulfonamides is 2. The molecule has 1 atom stereocenters. The van der Waals surface area contributed by atoms with E-state index in [1.165, 1.54) is 42.5 Å². The summed E-state index contributed by atoms with van der Waals surface area (Å²) in [5.41, 5.74) is 1.76. The van der Waals surface area contributed by atoms with E-state index >= 15 is 0 Å². The van der Waals surface area contributed by atoms with E-state index in [1.54, 1.807) is 19.9 Å². The van der Waals surface area contributed by atoms with Gasteiger partial charge in [-0.3, -0.25) is 9.10 Å². The minimum absolute atomic E-state index is 0.0451. The van der Waals surface area contributed by atoms with Crippen molar-refractivity contribution in [2.45, 2.75) is 24.8 Å². The maximum atomic E-state index is 12.9. The molecule has 1 aromatic heterocycles. The molecule has 0 bridgehead atoms. The number of amides is 1. The first-order valence-corrected chi connectivity index (χ1v) is 14.2. The highest BCUT2D eigenvalue weighted by molar-refractivity contribution is 7.92. The Morgan fingerprint density at radius 3 is 2.28 bits per heavy atom.